The number of carbonyl (C=O) groups is 1. The summed E-state index contributed by atoms with van der Waals surface area (Å²) in [6, 6.07) is -7.46. The van der Waals surface area contributed by atoms with Crippen LogP contribution in [0, 0.1) is 0 Å². The van der Waals surface area contributed by atoms with Crippen LogP contribution in [0.2, 0.25) is 5.02 Å². The summed E-state index contributed by atoms with van der Waals surface area (Å²) < 4.78 is 171. The maximum Gasteiger partial charge on any atom is 0.237 e. The molecule has 4 nitrogen and oxygen atoms in total. The van der Waals surface area contributed by atoms with Gasteiger partial charge in [0.05, 0.1) is 19.3 Å². The molecule has 3 aromatic rings. The minimum Gasteiger partial charge on any atom is -0.385 e. The van der Waals surface area contributed by atoms with Crippen LogP contribution in [0.15, 0.2) is 84.7 Å². The number of hydrogen-bond donors (Lipinski definition) is 1. The Morgan fingerprint density at radius 3 is 2.09 bits per heavy atom. The zero-order chi connectivity index (χ0) is 41.5. The van der Waals surface area contributed by atoms with Crippen LogP contribution in [-0.2, 0) is 15.8 Å². The number of halogens is 1. The van der Waals surface area contributed by atoms with Crippen molar-refractivity contribution in [1.82, 2.24) is 9.80 Å². The molecule has 1 saturated heterocycles. The van der Waals surface area contributed by atoms with E-state index in [9.17, 15) is 10.6 Å². The highest BCUT2D eigenvalue weighted by Gasteiger charge is 2.43. The van der Waals surface area contributed by atoms with Gasteiger partial charge >= 0.3 is 0 Å². The zero-order valence-corrected chi connectivity index (χ0v) is 18.5. The molecule has 1 amide bonds. The maximum atomic E-state index is 15.2. The minimum absolute atomic E-state index is 0.314. The van der Waals surface area contributed by atoms with Crippen molar-refractivity contribution in [2.24, 2.45) is 0 Å². The third kappa shape index (κ3) is 4.90. The van der Waals surface area contributed by atoms with Gasteiger partial charge in [-0.15, -0.1) is 0 Å². The van der Waals surface area contributed by atoms with Crippen molar-refractivity contribution in [3.8, 4) is 0 Å². The van der Waals surface area contributed by atoms with Crippen LogP contribution in [0.3, 0.4) is 0 Å². The monoisotopic (exact) mass is 496 g/mol. The molecule has 0 aromatic heterocycles. The molecule has 0 saturated carbocycles. The molecule has 0 radical (unpaired) electrons. The van der Waals surface area contributed by atoms with Crippen molar-refractivity contribution in [2.75, 3.05) is 33.5 Å². The second-order valence-electron chi connectivity index (χ2n) is 7.65. The number of piperidine rings is 1. The molecule has 0 bridgehead atoms. The molecule has 1 aliphatic heterocycles. The van der Waals surface area contributed by atoms with Gasteiger partial charge in [-0.25, -0.2) is 0 Å². The lowest BCUT2D eigenvalue weighted by Crippen LogP contribution is -2.48. The number of likely N-dealkylation sites (tertiary alicyclic amines) is 1. The molecule has 4 rings (SSSR count). The van der Waals surface area contributed by atoms with E-state index < -0.39 is 133 Å². The first-order valence-corrected chi connectivity index (χ1v) is 10.6. The van der Waals surface area contributed by atoms with Crippen LogP contribution in [-0.4, -0.2) is 54.4 Å². The average molecular weight is 497 g/mol. The summed E-state index contributed by atoms with van der Waals surface area (Å²) in [6.45, 7) is -13.0. The number of aliphatic hydroxyl groups is 1. The molecular weight excluding hydrogens is 444 g/mol. The van der Waals surface area contributed by atoms with Crippen molar-refractivity contribution in [3.63, 3.8) is 0 Å². The van der Waals surface area contributed by atoms with Gasteiger partial charge < -0.3 is 14.9 Å². The van der Waals surface area contributed by atoms with Gasteiger partial charge in [0.25, 0.3) is 0 Å². The predicted octanol–water partition coefficient (Wildman–Crippen LogP) is 5.09. The van der Waals surface area contributed by atoms with E-state index in [4.69, 9.17) is 33.5 Å². The van der Waals surface area contributed by atoms with E-state index in [1.165, 1.54) is 24.3 Å². The van der Waals surface area contributed by atoms with Gasteiger partial charge in [-0.05, 0) is 54.5 Å². The van der Waals surface area contributed by atoms with Gasteiger partial charge in [0.1, 0.15) is 5.41 Å². The molecule has 1 heterocycles. The summed E-state index contributed by atoms with van der Waals surface area (Å²) in [7, 11) is 0. The molecule has 178 valence electrons. The smallest absolute Gasteiger partial charge is 0.237 e. The number of likely N-dealkylation sites (N-methyl/N-ethyl adjacent to an activating group) is 1. The number of hydrogen-bond acceptors (Lipinski definition) is 3. The highest BCUT2D eigenvalue weighted by atomic mass is 35.5. The van der Waals surface area contributed by atoms with Crippen LogP contribution in [0.1, 0.15) is 63.3 Å². The number of nitrogens with zero attached hydrogens (tertiary/aromatic N) is 2. The topological polar surface area (TPSA) is 43.8 Å². The Bertz CT molecular complexity index is 1830. The largest absolute Gasteiger partial charge is 0.385 e. The fourth-order valence-corrected chi connectivity index (χ4v) is 3.89. The fourth-order valence-electron chi connectivity index (χ4n) is 3.76. The lowest BCUT2D eigenvalue weighted by Gasteiger charge is -2.41. The number of benzene rings is 3. The SMILES string of the molecule is [2H]c1c([2H])c([2H])c(C(C(=O)N(C([2H])([2H])[2H])C([2H])([2H])[2H])(c2c([2H])c([2H])c([2H])c([2H])c2[2H])C([2H])([2H])C([2H])([2H])N2CCC(O)(c3ccc(Cl)cc3)CC2)c([2H])c1[2H]. The van der Waals surface area contributed by atoms with Crippen LogP contribution in [0.4, 0.5) is 0 Å². The summed E-state index contributed by atoms with van der Waals surface area (Å²) in [6.07, 6.45) is -4.93. The van der Waals surface area contributed by atoms with Gasteiger partial charge in [-0.2, -0.15) is 0 Å². The van der Waals surface area contributed by atoms with E-state index in [1.54, 1.807) is 0 Å². The second kappa shape index (κ2) is 10.3. The first-order chi connectivity index (χ1) is 24.4. The van der Waals surface area contributed by atoms with Crippen molar-refractivity contribution in [1.29, 1.82) is 0 Å². The van der Waals surface area contributed by atoms with E-state index >= 15 is 4.79 Å². The van der Waals surface area contributed by atoms with Gasteiger partial charge in [0.15, 0.2) is 0 Å². The molecular formula is C29H33ClN2O2. The molecule has 5 heteroatoms. The Labute approximate surface area is 235 Å². The molecule has 0 spiro atoms. The molecule has 1 fully saturated rings. The highest BCUT2D eigenvalue weighted by Crippen LogP contribution is 2.39. The normalized spacial score (nSPS) is 26.3. The molecule has 3 aromatic carbocycles. The van der Waals surface area contributed by atoms with Crippen molar-refractivity contribution < 1.29 is 37.3 Å². The number of carbonyl (C=O) groups excluding carboxylic acids is 1. The lowest BCUT2D eigenvalue weighted by atomic mass is 9.70. The molecule has 0 atom stereocenters. The quantitative estimate of drug-likeness (QED) is 0.495. The molecule has 1 N–H and O–H groups in total. The van der Waals surface area contributed by atoms with E-state index in [0.717, 1.165) is 4.90 Å². The van der Waals surface area contributed by atoms with Gasteiger partial charge in [-0.1, -0.05) is 84.2 Å². The highest BCUT2D eigenvalue weighted by molar-refractivity contribution is 6.30. The first-order valence-electron chi connectivity index (χ1n) is 20.2. The van der Waals surface area contributed by atoms with E-state index in [2.05, 4.69) is 0 Å². The van der Waals surface area contributed by atoms with Crippen molar-refractivity contribution in [2.45, 2.75) is 30.2 Å². The Balaban J connectivity index is 2.24. The molecule has 1 aliphatic rings. The number of rotatable bonds is 7. The lowest BCUT2D eigenvalue weighted by molar-refractivity contribution is -0.133. The second-order valence-corrected chi connectivity index (χ2v) is 8.09. The number of amides is 1. The standard InChI is InChI=1S/C29H33ClN2O2/c1-31(2)27(33)29(24-9-5-3-6-10-24,25-11-7-4-8-12-25)19-22-32-20-17-28(34,18-21-32)23-13-15-26(30)16-14-23/h3-16,34H,17-22H2,1-2H3/i1D3,2D3,3D,4D,5D,6D,7D,8D,9D,10D,11D,12D,19D2,22D2. The van der Waals surface area contributed by atoms with Crippen molar-refractivity contribution >= 4 is 17.5 Å². The van der Waals surface area contributed by atoms with Crippen LogP contribution < -0.4 is 0 Å². The third-order valence-corrected chi connectivity index (χ3v) is 5.90. The zero-order valence-electron chi connectivity index (χ0n) is 37.8. The summed E-state index contributed by atoms with van der Waals surface area (Å²) in [5, 5.41) is 11.8. The summed E-state index contributed by atoms with van der Waals surface area (Å²) in [5.74, 6) is -2.52. The minimum atomic E-state index is -4.30. The predicted molar refractivity (Wildman–Crippen MR) is 138 cm³/mol. The van der Waals surface area contributed by atoms with E-state index in [-0.39, 0.29) is 12.8 Å². The van der Waals surface area contributed by atoms with Gasteiger partial charge in [-0.3, -0.25) is 4.79 Å². The summed E-state index contributed by atoms with van der Waals surface area (Å²) in [4.78, 5) is 15.1. The average Bonchev–Trinajstić information content (AvgIpc) is 3.06. The maximum absolute atomic E-state index is 15.2. The van der Waals surface area contributed by atoms with Gasteiger partial charge in [0.2, 0.25) is 5.91 Å². The Hall–Kier alpha value is -2.66. The summed E-state index contributed by atoms with van der Waals surface area (Å²) >= 11 is 5.97. The van der Waals surface area contributed by atoms with Crippen molar-refractivity contribution in [3.05, 3.63) is 106 Å². The van der Waals surface area contributed by atoms with Crippen LogP contribution in [0.5, 0.6) is 0 Å². The van der Waals surface area contributed by atoms with E-state index in [0.29, 0.717) is 10.6 Å². The third-order valence-electron chi connectivity index (χ3n) is 5.65. The van der Waals surface area contributed by atoms with Crippen LogP contribution in [0.25, 0.3) is 0 Å². The molecule has 34 heavy (non-hydrogen) atoms. The fraction of sp³-hybridized carbons (Fsp3) is 0.345. The van der Waals surface area contributed by atoms with E-state index in [1.807, 2.05) is 0 Å². The Kier molecular flexibility index (Phi) is 2.96. The first kappa shape index (κ1) is 9.77. The summed E-state index contributed by atoms with van der Waals surface area (Å²) in [5.41, 5.74) is -8.76. The Morgan fingerprint density at radius 1 is 1.06 bits per heavy atom. The molecule has 0 aliphatic carbocycles. The van der Waals surface area contributed by atoms with Crippen LogP contribution >= 0.6 is 11.6 Å². The van der Waals surface area contributed by atoms with Gasteiger partial charge in [0, 0.05) is 45.8 Å². The Morgan fingerprint density at radius 2 is 1.59 bits per heavy atom. The molecule has 0 unspecified atom stereocenters.